The highest BCUT2D eigenvalue weighted by atomic mass is 32.1. The molecule has 0 aromatic heterocycles. The van der Waals surface area contributed by atoms with Gasteiger partial charge >= 0.3 is 6.09 Å². The van der Waals surface area contributed by atoms with Gasteiger partial charge < -0.3 is 14.5 Å². The third-order valence-corrected chi connectivity index (χ3v) is 3.98. The number of carbonyl (C=O) groups excluding carboxylic acids is 1. The maximum atomic E-state index is 12.2. The van der Waals surface area contributed by atoms with Crippen molar-refractivity contribution < 1.29 is 9.53 Å². The molecule has 114 valence electrons. The average molecular weight is 298 g/mol. The predicted molar refractivity (Wildman–Crippen MR) is 84.1 cm³/mol. The van der Waals surface area contributed by atoms with E-state index in [0.29, 0.717) is 6.54 Å². The molecule has 0 bridgehead atoms. The lowest BCUT2D eigenvalue weighted by Gasteiger charge is -2.27. The van der Waals surface area contributed by atoms with Gasteiger partial charge in [-0.2, -0.15) is 12.6 Å². The van der Waals surface area contributed by atoms with Gasteiger partial charge in [0.2, 0.25) is 0 Å². The number of amides is 1. The summed E-state index contributed by atoms with van der Waals surface area (Å²) >= 11 is 4.52. The Bertz CT molecular complexity index is 373. The lowest BCUT2D eigenvalue weighted by atomic mass is 10.2. The zero-order valence-corrected chi connectivity index (χ0v) is 13.6. The number of hydrogen-bond donors (Lipinski definition) is 1. The quantitative estimate of drug-likeness (QED) is 0.796. The summed E-state index contributed by atoms with van der Waals surface area (Å²) in [5.41, 5.74) is -0.449. The molecule has 20 heavy (non-hydrogen) atoms. The molecule has 0 aromatic carbocycles. The first-order valence-corrected chi connectivity index (χ1v) is 7.97. The van der Waals surface area contributed by atoms with Crippen molar-refractivity contribution in [1.29, 1.82) is 0 Å². The monoisotopic (exact) mass is 298 g/mol. The molecule has 0 radical (unpaired) electrons. The molecule has 0 N–H and O–H groups in total. The van der Waals surface area contributed by atoms with Crippen molar-refractivity contribution >= 4 is 18.7 Å². The van der Waals surface area contributed by atoms with E-state index in [-0.39, 0.29) is 17.4 Å². The summed E-state index contributed by atoms with van der Waals surface area (Å²) in [5, 5.41) is 0.232. The van der Waals surface area contributed by atoms with Crippen LogP contribution in [0.5, 0.6) is 0 Å². The second-order valence-corrected chi connectivity index (χ2v) is 7.40. The van der Waals surface area contributed by atoms with Gasteiger partial charge in [0.1, 0.15) is 5.60 Å². The molecule has 2 heterocycles. The topological polar surface area (TPSA) is 32.8 Å². The number of ether oxygens (including phenoxy) is 1. The van der Waals surface area contributed by atoms with Crippen LogP contribution in [0, 0.1) is 0 Å². The molecular formula is C15H26N2O2S. The summed E-state index contributed by atoms with van der Waals surface area (Å²) < 4.78 is 5.48. The lowest BCUT2D eigenvalue weighted by Crippen LogP contribution is -2.39. The maximum absolute atomic E-state index is 12.2. The molecule has 2 aliphatic heterocycles. The van der Waals surface area contributed by atoms with E-state index >= 15 is 0 Å². The van der Waals surface area contributed by atoms with Crippen molar-refractivity contribution in [1.82, 2.24) is 9.80 Å². The van der Waals surface area contributed by atoms with E-state index in [0.717, 1.165) is 19.5 Å². The van der Waals surface area contributed by atoms with E-state index in [1.807, 2.05) is 20.8 Å². The average Bonchev–Trinajstić information content (AvgIpc) is 2.92. The fraction of sp³-hybridized carbons (Fsp3) is 0.800. The van der Waals surface area contributed by atoms with Crippen LogP contribution in [0.3, 0.4) is 0 Å². The molecule has 1 amide bonds. The van der Waals surface area contributed by atoms with Crippen LogP contribution in [-0.2, 0) is 4.74 Å². The zero-order chi connectivity index (χ0) is 14.8. The molecule has 2 atom stereocenters. The van der Waals surface area contributed by atoms with Crippen molar-refractivity contribution in [2.75, 3.05) is 19.6 Å². The van der Waals surface area contributed by atoms with Gasteiger partial charge in [0.25, 0.3) is 0 Å². The molecule has 0 spiro atoms. The van der Waals surface area contributed by atoms with Gasteiger partial charge in [0.15, 0.2) is 0 Å². The fourth-order valence-electron chi connectivity index (χ4n) is 2.67. The molecule has 0 unspecified atom stereocenters. The Morgan fingerprint density at radius 2 is 1.95 bits per heavy atom. The molecular weight excluding hydrogens is 272 g/mol. The van der Waals surface area contributed by atoms with Crippen LogP contribution in [0.25, 0.3) is 0 Å². The summed E-state index contributed by atoms with van der Waals surface area (Å²) in [6.07, 6.45) is 7.46. The molecule has 5 heteroatoms. The third-order valence-electron chi connectivity index (χ3n) is 3.61. The highest BCUT2D eigenvalue weighted by molar-refractivity contribution is 7.81. The van der Waals surface area contributed by atoms with Gasteiger partial charge in [-0.05, 0) is 52.3 Å². The van der Waals surface area contributed by atoms with Crippen LogP contribution in [-0.4, -0.2) is 52.4 Å². The second kappa shape index (κ2) is 6.29. The Morgan fingerprint density at radius 1 is 1.30 bits per heavy atom. The van der Waals surface area contributed by atoms with E-state index in [9.17, 15) is 4.79 Å². The van der Waals surface area contributed by atoms with Gasteiger partial charge in [-0.1, -0.05) is 0 Å². The highest BCUT2D eigenvalue weighted by Crippen LogP contribution is 2.25. The van der Waals surface area contributed by atoms with Crippen LogP contribution >= 0.6 is 12.6 Å². The molecule has 0 aromatic rings. The van der Waals surface area contributed by atoms with E-state index in [4.69, 9.17) is 4.74 Å². The first kappa shape index (κ1) is 15.5. The van der Waals surface area contributed by atoms with Gasteiger partial charge in [-0.25, -0.2) is 4.79 Å². The SMILES string of the molecule is CC(C)(C)OC(=O)N1C[C@@H](S)C[C@H]1/C=C/N1CCCC1. The molecule has 0 saturated carbocycles. The van der Waals surface area contributed by atoms with Gasteiger partial charge in [0, 0.05) is 24.9 Å². The minimum Gasteiger partial charge on any atom is -0.444 e. The summed E-state index contributed by atoms with van der Waals surface area (Å²) in [7, 11) is 0. The Balaban J connectivity index is 1.96. The molecule has 2 rings (SSSR count). The highest BCUT2D eigenvalue weighted by Gasteiger charge is 2.34. The van der Waals surface area contributed by atoms with Crippen molar-refractivity contribution in [2.24, 2.45) is 0 Å². The van der Waals surface area contributed by atoms with E-state index in [1.165, 1.54) is 12.8 Å². The number of rotatable bonds is 2. The molecule has 2 fully saturated rings. The molecule has 2 aliphatic rings. The third kappa shape index (κ3) is 4.33. The summed E-state index contributed by atoms with van der Waals surface area (Å²) in [6, 6.07) is 0.105. The summed E-state index contributed by atoms with van der Waals surface area (Å²) in [5.74, 6) is 0. The van der Waals surface area contributed by atoms with E-state index in [1.54, 1.807) is 4.90 Å². The Morgan fingerprint density at radius 3 is 2.55 bits per heavy atom. The van der Waals surface area contributed by atoms with Crippen LogP contribution in [0.1, 0.15) is 40.0 Å². The van der Waals surface area contributed by atoms with Crippen LogP contribution in [0.15, 0.2) is 12.3 Å². The van der Waals surface area contributed by atoms with Crippen LogP contribution in [0.4, 0.5) is 4.79 Å². The number of nitrogens with zero attached hydrogens (tertiary/aromatic N) is 2. The van der Waals surface area contributed by atoms with Crippen molar-refractivity contribution in [3.8, 4) is 0 Å². The van der Waals surface area contributed by atoms with E-state index in [2.05, 4.69) is 29.8 Å². The largest absolute Gasteiger partial charge is 0.444 e. The van der Waals surface area contributed by atoms with Gasteiger partial charge in [-0.15, -0.1) is 0 Å². The first-order chi connectivity index (χ1) is 9.35. The van der Waals surface area contributed by atoms with Crippen LogP contribution in [0.2, 0.25) is 0 Å². The standard InChI is InChI=1S/C15H26N2O2S/c1-15(2,3)19-14(18)17-11-13(20)10-12(17)6-9-16-7-4-5-8-16/h6,9,12-13,20H,4-5,7-8,10-11H2,1-3H3/b9-6+/t12-,13+/m1/s1. The van der Waals surface area contributed by atoms with Crippen molar-refractivity contribution in [3.05, 3.63) is 12.3 Å². The minimum atomic E-state index is -0.449. The maximum Gasteiger partial charge on any atom is 0.410 e. The van der Waals surface area contributed by atoms with Crippen LogP contribution < -0.4 is 0 Å². The van der Waals surface area contributed by atoms with Crippen molar-refractivity contribution in [3.63, 3.8) is 0 Å². The lowest BCUT2D eigenvalue weighted by molar-refractivity contribution is 0.0256. The fourth-order valence-corrected chi connectivity index (χ4v) is 3.06. The smallest absolute Gasteiger partial charge is 0.410 e. The zero-order valence-electron chi connectivity index (χ0n) is 12.7. The Kier molecular flexibility index (Phi) is 4.89. The number of hydrogen-bond acceptors (Lipinski definition) is 4. The number of likely N-dealkylation sites (tertiary alicyclic amines) is 2. The molecule has 0 aliphatic carbocycles. The molecule has 4 nitrogen and oxygen atoms in total. The second-order valence-electron chi connectivity index (χ2n) is 6.67. The number of carbonyl (C=O) groups is 1. The Labute approximate surface area is 127 Å². The van der Waals surface area contributed by atoms with Crippen molar-refractivity contribution in [2.45, 2.75) is 56.9 Å². The normalized spacial score (nSPS) is 27.6. The van der Waals surface area contributed by atoms with Gasteiger partial charge in [0.05, 0.1) is 6.04 Å². The minimum absolute atomic E-state index is 0.105. The first-order valence-electron chi connectivity index (χ1n) is 7.45. The summed E-state index contributed by atoms with van der Waals surface area (Å²) in [6.45, 7) is 8.60. The number of thiol groups is 1. The van der Waals surface area contributed by atoms with E-state index < -0.39 is 5.60 Å². The predicted octanol–water partition coefficient (Wildman–Crippen LogP) is 2.90. The van der Waals surface area contributed by atoms with Gasteiger partial charge in [-0.3, -0.25) is 0 Å². The Hall–Kier alpha value is -0.840. The molecule has 2 saturated heterocycles. The summed E-state index contributed by atoms with van der Waals surface area (Å²) in [4.78, 5) is 16.4.